The Morgan fingerprint density at radius 2 is 1.93 bits per heavy atom. The van der Waals surface area contributed by atoms with Crippen molar-refractivity contribution in [3.05, 3.63) is 41.5 Å². The van der Waals surface area contributed by atoms with E-state index in [1.165, 1.54) is 37.4 Å². The van der Waals surface area contributed by atoms with Crippen LogP contribution in [-0.4, -0.2) is 81.0 Å². The zero-order chi connectivity index (χ0) is 29.9. The first-order chi connectivity index (χ1) is 19.2. The van der Waals surface area contributed by atoms with Gasteiger partial charge in [-0.05, 0) is 63.3 Å². The summed E-state index contributed by atoms with van der Waals surface area (Å²) in [6.07, 6.45) is -1.99. The number of likely N-dealkylation sites (tertiary alicyclic amines) is 1. The maximum atomic E-state index is 13.3. The monoisotopic (exact) mass is 592 g/mol. The van der Waals surface area contributed by atoms with Gasteiger partial charge in [0.2, 0.25) is 5.95 Å². The Balaban J connectivity index is 1.65. The highest BCUT2D eigenvalue weighted by Crippen LogP contribution is 2.29. The number of nitrogens with two attached hydrogens (primary N) is 1. The van der Waals surface area contributed by atoms with Crippen LogP contribution in [0.25, 0.3) is 11.0 Å². The number of halogens is 3. The number of anilines is 2. The number of amides is 1. The first-order valence-corrected chi connectivity index (χ1v) is 14.6. The minimum atomic E-state index is -4.57. The van der Waals surface area contributed by atoms with Gasteiger partial charge in [-0.1, -0.05) is 11.8 Å². The molecule has 4 N–H and O–H groups in total. The fraction of sp³-hybridized carbons (Fsp3) is 0.407. The van der Waals surface area contributed by atoms with Gasteiger partial charge in [-0.15, -0.1) is 0 Å². The summed E-state index contributed by atoms with van der Waals surface area (Å²) in [4.78, 5) is 19.6. The molecule has 0 saturated carbocycles. The van der Waals surface area contributed by atoms with E-state index >= 15 is 0 Å². The number of sulfone groups is 1. The molecular weight excluding hydrogens is 561 g/mol. The van der Waals surface area contributed by atoms with Gasteiger partial charge >= 0.3 is 6.18 Å². The van der Waals surface area contributed by atoms with Crippen LogP contribution in [-0.2, 0) is 16.4 Å². The van der Waals surface area contributed by atoms with E-state index in [0.29, 0.717) is 11.4 Å². The summed E-state index contributed by atoms with van der Waals surface area (Å²) in [6, 6.07) is 7.17. The summed E-state index contributed by atoms with van der Waals surface area (Å²) in [5.41, 5.74) is 6.71. The molecule has 1 aromatic heterocycles. The Labute approximate surface area is 236 Å². The third-order valence-electron chi connectivity index (χ3n) is 6.72. The fourth-order valence-corrected chi connectivity index (χ4v) is 5.24. The van der Waals surface area contributed by atoms with Crippen LogP contribution in [0.5, 0.6) is 5.75 Å². The molecule has 0 aliphatic carbocycles. The van der Waals surface area contributed by atoms with Gasteiger partial charge < -0.3 is 30.6 Å². The van der Waals surface area contributed by atoms with Gasteiger partial charge in [0.05, 0.1) is 35.3 Å². The summed E-state index contributed by atoms with van der Waals surface area (Å²) < 4.78 is 69.9. The number of nitrogens with zero attached hydrogens (tertiary/aromatic N) is 3. The second-order valence-corrected chi connectivity index (χ2v) is 11.9. The Hall–Kier alpha value is -3.96. The molecule has 0 unspecified atom stereocenters. The highest BCUT2D eigenvalue weighted by atomic mass is 32.2. The number of hydrogen-bond donors (Lipinski definition) is 3. The number of rotatable bonds is 7. The SMILES string of the molecule is COc1ccc(S(C)(=O)=O)cc1NCC#Cc1cc(C(=O)NC2CCN(C)CC2)c2nc(N)n(CC(F)(F)F)c2c1. The molecule has 1 fully saturated rings. The Kier molecular flexibility index (Phi) is 8.69. The number of aromatic nitrogens is 2. The molecule has 2 heterocycles. The molecule has 0 bridgehead atoms. The summed E-state index contributed by atoms with van der Waals surface area (Å²) in [7, 11) is -0.0236. The topological polar surface area (TPSA) is 132 Å². The van der Waals surface area contributed by atoms with Crippen LogP contribution in [0.1, 0.15) is 28.8 Å². The fourth-order valence-electron chi connectivity index (χ4n) is 4.59. The maximum Gasteiger partial charge on any atom is 0.406 e. The van der Waals surface area contributed by atoms with Crippen LogP contribution in [0.2, 0.25) is 0 Å². The Bertz CT molecular complexity index is 1620. The van der Waals surface area contributed by atoms with E-state index in [4.69, 9.17) is 10.5 Å². The van der Waals surface area contributed by atoms with E-state index in [0.717, 1.165) is 36.8 Å². The lowest BCUT2D eigenvalue weighted by Crippen LogP contribution is -2.43. The van der Waals surface area contributed by atoms with Crippen molar-refractivity contribution in [2.45, 2.75) is 36.5 Å². The van der Waals surface area contributed by atoms with Gasteiger partial charge in [-0.3, -0.25) is 4.79 Å². The summed E-state index contributed by atoms with van der Waals surface area (Å²) in [6.45, 7) is 0.288. The molecule has 14 heteroatoms. The summed E-state index contributed by atoms with van der Waals surface area (Å²) >= 11 is 0. The van der Waals surface area contributed by atoms with Gasteiger partial charge in [0.1, 0.15) is 17.8 Å². The van der Waals surface area contributed by atoms with E-state index in [1.54, 1.807) is 0 Å². The third kappa shape index (κ3) is 7.42. The van der Waals surface area contributed by atoms with Crippen molar-refractivity contribution < 1.29 is 31.1 Å². The third-order valence-corrected chi connectivity index (χ3v) is 7.83. The second kappa shape index (κ2) is 11.9. The first kappa shape index (κ1) is 30.0. The zero-order valence-electron chi connectivity index (χ0n) is 22.8. The van der Waals surface area contributed by atoms with Crippen molar-refractivity contribution in [3.63, 3.8) is 0 Å². The molecule has 10 nitrogen and oxygen atoms in total. The number of nitrogens with one attached hydrogen (secondary N) is 2. The molecule has 41 heavy (non-hydrogen) atoms. The van der Waals surface area contributed by atoms with Crippen molar-refractivity contribution in [3.8, 4) is 17.6 Å². The van der Waals surface area contributed by atoms with Crippen LogP contribution in [0.4, 0.5) is 24.8 Å². The predicted octanol–water partition coefficient (Wildman–Crippen LogP) is 2.88. The molecule has 0 spiro atoms. The van der Waals surface area contributed by atoms with Gasteiger partial charge in [0.25, 0.3) is 5.91 Å². The lowest BCUT2D eigenvalue weighted by atomic mass is 10.0. The lowest BCUT2D eigenvalue weighted by molar-refractivity contribution is -0.139. The van der Waals surface area contributed by atoms with E-state index in [1.807, 2.05) is 7.05 Å². The quantitative estimate of drug-likeness (QED) is 0.357. The molecule has 1 amide bonds. The van der Waals surface area contributed by atoms with E-state index in [9.17, 15) is 26.4 Å². The van der Waals surface area contributed by atoms with Crippen molar-refractivity contribution in [2.75, 3.05) is 51.1 Å². The van der Waals surface area contributed by atoms with Gasteiger partial charge in [-0.2, -0.15) is 13.2 Å². The normalized spacial score (nSPS) is 14.9. The van der Waals surface area contributed by atoms with Crippen LogP contribution in [0, 0.1) is 11.8 Å². The number of carbonyl (C=O) groups is 1. The minimum Gasteiger partial charge on any atom is -0.495 e. The number of ether oxygens (including phenoxy) is 1. The lowest BCUT2D eigenvalue weighted by Gasteiger charge is -2.29. The van der Waals surface area contributed by atoms with Crippen molar-refractivity contribution in [1.29, 1.82) is 0 Å². The minimum absolute atomic E-state index is 0.0376. The van der Waals surface area contributed by atoms with Gasteiger partial charge in [0, 0.05) is 17.9 Å². The number of fused-ring (bicyclic) bond motifs is 1. The Morgan fingerprint density at radius 1 is 1.22 bits per heavy atom. The van der Waals surface area contributed by atoms with Crippen molar-refractivity contribution in [2.24, 2.45) is 0 Å². The standard InChI is InChI=1S/C27H31F3N6O4S/c1-35-11-8-18(9-12-35)33-25(37)20-13-17(14-22-24(20)34-26(31)36(22)16-27(28,29)30)5-4-10-32-21-15-19(41(3,38)39)6-7-23(21)40-2/h6-7,13-15,18,32H,8-12,16H2,1-3H3,(H2,31,34)(H,33,37). The number of carbonyl (C=O) groups excluding carboxylic acids is 1. The largest absolute Gasteiger partial charge is 0.495 e. The number of piperidine rings is 1. The molecule has 0 radical (unpaired) electrons. The molecule has 0 atom stereocenters. The number of nitrogen functional groups attached to an aromatic ring is 1. The molecule has 1 saturated heterocycles. The molecule has 3 aromatic rings. The van der Waals surface area contributed by atoms with Crippen LogP contribution >= 0.6 is 0 Å². The number of hydrogen-bond acceptors (Lipinski definition) is 8. The molecular formula is C27H31F3N6O4S. The molecule has 4 rings (SSSR count). The number of methoxy groups -OCH3 is 1. The second-order valence-electron chi connectivity index (χ2n) is 9.90. The maximum absolute atomic E-state index is 13.3. The zero-order valence-corrected chi connectivity index (χ0v) is 23.6. The highest BCUT2D eigenvalue weighted by Gasteiger charge is 2.31. The van der Waals surface area contributed by atoms with Crippen LogP contribution < -0.4 is 21.1 Å². The number of alkyl halides is 3. The Morgan fingerprint density at radius 3 is 2.56 bits per heavy atom. The van der Waals surface area contributed by atoms with E-state index < -0.39 is 28.5 Å². The highest BCUT2D eigenvalue weighted by molar-refractivity contribution is 7.90. The smallest absolute Gasteiger partial charge is 0.406 e. The van der Waals surface area contributed by atoms with Gasteiger partial charge in [-0.25, -0.2) is 13.4 Å². The molecule has 1 aliphatic rings. The molecule has 2 aromatic carbocycles. The van der Waals surface area contributed by atoms with Crippen molar-refractivity contribution in [1.82, 2.24) is 19.8 Å². The van der Waals surface area contributed by atoms with Crippen LogP contribution in [0.3, 0.4) is 0 Å². The van der Waals surface area contributed by atoms with Crippen molar-refractivity contribution >= 4 is 38.4 Å². The molecule has 220 valence electrons. The number of imidazole rings is 1. The number of benzene rings is 2. The molecule has 1 aliphatic heterocycles. The van der Waals surface area contributed by atoms with Gasteiger partial charge in [0.15, 0.2) is 9.84 Å². The first-order valence-electron chi connectivity index (χ1n) is 12.7. The van der Waals surface area contributed by atoms with Crippen LogP contribution in [0.15, 0.2) is 35.2 Å². The summed E-state index contributed by atoms with van der Waals surface area (Å²) in [5, 5.41) is 5.96. The average Bonchev–Trinajstić information content (AvgIpc) is 3.20. The summed E-state index contributed by atoms with van der Waals surface area (Å²) in [5.74, 6) is 5.31. The predicted molar refractivity (Wildman–Crippen MR) is 150 cm³/mol. The average molecular weight is 593 g/mol. The van der Waals surface area contributed by atoms with E-state index in [-0.39, 0.29) is 45.6 Å². The van der Waals surface area contributed by atoms with E-state index in [2.05, 4.69) is 32.4 Å².